The number of methoxy groups -OCH3 is 1. The lowest BCUT2D eigenvalue weighted by molar-refractivity contribution is -0.167. The summed E-state index contributed by atoms with van der Waals surface area (Å²) in [6, 6.07) is 7.73. The zero-order chi connectivity index (χ0) is 15.9. The number of hydrogen-bond donors (Lipinski definition) is 0. The van der Waals surface area contributed by atoms with Gasteiger partial charge in [0.05, 0.1) is 5.75 Å². The van der Waals surface area contributed by atoms with Gasteiger partial charge in [-0.2, -0.15) is 0 Å². The number of amides is 1. The molecule has 2 aliphatic heterocycles. The molecular weight excluding hydrogens is 310 g/mol. The van der Waals surface area contributed by atoms with Crippen molar-refractivity contribution in [3.8, 4) is 5.75 Å². The molecule has 3 rings (SSSR count). The first kappa shape index (κ1) is 15.0. The van der Waals surface area contributed by atoms with Crippen LogP contribution in [0, 0.1) is 0 Å². The number of hydrogen-bond acceptors (Lipinski definition) is 6. The fourth-order valence-corrected chi connectivity index (χ4v) is 4.97. The van der Waals surface area contributed by atoms with Gasteiger partial charge < -0.3 is 14.4 Å². The van der Waals surface area contributed by atoms with E-state index in [1.807, 2.05) is 6.07 Å². The summed E-state index contributed by atoms with van der Waals surface area (Å²) >= 11 is 0. The van der Waals surface area contributed by atoms with E-state index < -0.39 is 39.0 Å². The minimum Gasteiger partial charge on any atom is -0.486 e. The highest BCUT2D eigenvalue weighted by molar-refractivity contribution is 7.92. The van der Waals surface area contributed by atoms with Gasteiger partial charge in [0.25, 0.3) is 5.91 Å². The standard InChI is InChI=1S/C14H15NO6S/c1-20-12-13(17)15-10(8-22(18,19)14(12)15)11(16)7-21-9-5-3-2-4-6-9/h2-6,10,12,14H,7-8H2,1H3/t10?,12-,14-/m0/s1. The lowest BCUT2D eigenvalue weighted by atomic mass is 10.0. The largest absolute Gasteiger partial charge is 0.486 e. The van der Waals surface area contributed by atoms with Crippen LogP contribution in [0.2, 0.25) is 0 Å². The first-order chi connectivity index (χ1) is 10.5. The summed E-state index contributed by atoms with van der Waals surface area (Å²) in [4.78, 5) is 25.2. The fourth-order valence-electron chi connectivity index (χ4n) is 2.78. The van der Waals surface area contributed by atoms with Crippen molar-refractivity contribution < 1.29 is 27.5 Å². The maximum absolute atomic E-state index is 12.2. The van der Waals surface area contributed by atoms with Crippen molar-refractivity contribution in [3.63, 3.8) is 0 Å². The second kappa shape index (κ2) is 5.36. The lowest BCUT2D eigenvalue weighted by Gasteiger charge is -2.41. The second-order valence-electron chi connectivity index (χ2n) is 5.21. The molecule has 8 heteroatoms. The van der Waals surface area contributed by atoms with Crippen molar-refractivity contribution in [1.82, 2.24) is 4.90 Å². The highest BCUT2D eigenvalue weighted by Gasteiger charge is 2.64. The molecule has 3 atom stereocenters. The van der Waals surface area contributed by atoms with Crippen LogP contribution >= 0.6 is 0 Å². The molecule has 0 aliphatic carbocycles. The van der Waals surface area contributed by atoms with Crippen molar-refractivity contribution in [2.45, 2.75) is 17.5 Å². The number of ketones is 1. The van der Waals surface area contributed by atoms with Crippen LogP contribution in [0.5, 0.6) is 5.75 Å². The molecule has 1 aromatic carbocycles. The monoisotopic (exact) mass is 325 g/mol. The molecule has 2 saturated heterocycles. The van der Waals surface area contributed by atoms with E-state index in [2.05, 4.69) is 0 Å². The van der Waals surface area contributed by atoms with Gasteiger partial charge in [0.2, 0.25) is 0 Å². The highest BCUT2D eigenvalue weighted by atomic mass is 32.2. The molecule has 1 aromatic rings. The molecule has 0 aromatic heterocycles. The predicted octanol–water partition coefficient (Wildman–Crippen LogP) is -0.385. The summed E-state index contributed by atoms with van der Waals surface area (Å²) in [5, 5.41) is -1.05. The van der Waals surface area contributed by atoms with Gasteiger partial charge in [-0.15, -0.1) is 0 Å². The molecule has 0 saturated carbocycles. The third-order valence-electron chi connectivity index (χ3n) is 3.87. The molecule has 1 unspecified atom stereocenters. The van der Waals surface area contributed by atoms with Crippen LogP contribution in [0.4, 0.5) is 0 Å². The van der Waals surface area contributed by atoms with Crippen molar-refractivity contribution >= 4 is 21.5 Å². The zero-order valence-corrected chi connectivity index (χ0v) is 12.7. The molecule has 2 fully saturated rings. The summed E-state index contributed by atoms with van der Waals surface area (Å²) in [5.41, 5.74) is 0. The van der Waals surface area contributed by atoms with Gasteiger partial charge in [-0.1, -0.05) is 18.2 Å². The van der Waals surface area contributed by atoms with Gasteiger partial charge in [-0.3, -0.25) is 9.59 Å². The maximum Gasteiger partial charge on any atom is 0.256 e. The number of para-hydroxylation sites is 1. The van der Waals surface area contributed by atoms with Gasteiger partial charge in [-0.05, 0) is 12.1 Å². The number of fused-ring (bicyclic) bond motifs is 1. The Morgan fingerprint density at radius 2 is 2.00 bits per heavy atom. The Kier molecular flexibility index (Phi) is 3.65. The van der Waals surface area contributed by atoms with Crippen molar-refractivity contribution in [3.05, 3.63) is 30.3 Å². The van der Waals surface area contributed by atoms with Gasteiger partial charge >= 0.3 is 0 Å². The third-order valence-corrected chi connectivity index (χ3v) is 5.87. The van der Waals surface area contributed by atoms with Gasteiger partial charge in [-0.25, -0.2) is 8.42 Å². The highest BCUT2D eigenvalue weighted by Crippen LogP contribution is 2.37. The summed E-state index contributed by atoms with van der Waals surface area (Å²) in [6.45, 7) is -0.279. The van der Waals surface area contributed by atoms with Crippen molar-refractivity contribution in [2.24, 2.45) is 0 Å². The second-order valence-corrected chi connectivity index (χ2v) is 7.35. The number of benzene rings is 1. The van der Waals surface area contributed by atoms with Crippen molar-refractivity contribution in [1.29, 1.82) is 0 Å². The average Bonchev–Trinajstić information content (AvgIpc) is 2.74. The van der Waals surface area contributed by atoms with Crippen LogP contribution in [-0.4, -0.2) is 62.0 Å². The Labute approximate surface area is 127 Å². The van der Waals surface area contributed by atoms with E-state index in [-0.39, 0.29) is 12.4 Å². The Balaban J connectivity index is 1.70. The van der Waals surface area contributed by atoms with E-state index >= 15 is 0 Å². The molecule has 7 nitrogen and oxygen atoms in total. The SMILES string of the molecule is CO[C@H]1C(=O)N2C(C(=O)COc3ccccc3)CS(=O)(=O)[C@@H]12. The third kappa shape index (κ3) is 2.28. The van der Waals surface area contributed by atoms with Crippen LogP contribution in [0.25, 0.3) is 0 Å². The normalized spacial score (nSPS) is 28.9. The molecule has 0 radical (unpaired) electrons. The molecule has 1 amide bonds. The number of nitrogens with zero attached hydrogens (tertiary/aromatic N) is 1. The van der Waals surface area contributed by atoms with E-state index in [1.54, 1.807) is 24.3 Å². The lowest BCUT2D eigenvalue weighted by Crippen LogP contribution is -2.67. The topological polar surface area (TPSA) is 90.0 Å². The Hall–Kier alpha value is -1.93. The molecule has 22 heavy (non-hydrogen) atoms. The van der Waals surface area contributed by atoms with E-state index in [0.29, 0.717) is 5.75 Å². The Bertz CT molecular complexity index is 701. The Morgan fingerprint density at radius 1 is 1.32 bits per heavy atom. The smallest absolute Gasteiger partial charge is 0.256 e. The molecule has 0 N–H and O–H groups in total. The number of β-lactam (4-membered cyclic amide) rings is 1. The minimum absolute atomic E-state index is 0.279. The van der Waals surface area contributed by atoms with Crippen LogP contribution in [0.15, 0.2) is 30.3 Å². The number of ether oxygens (including phenoxy) is 2. The van der Waals surface area contributed by atoms with E-state index in [0.717, 1.165) is 4.90 Å². The van der Waals surface area contributed by atoms with Gasteiger partial charge in [0.1, 0.15) is 18.4 Å². The molecule has 0 bridgehead atoms. The van der Waals surface area contributed by atoms with Crippen LogP contribution in [-0.2, 0) is 24.2 Å². The zero-order valence-electron chi connectivity index (χ0n) is 11.8. The average molecular weight is 325 g/mol. The molecular formula is C14H15NO6S. The number of Topliss-reactive ketones (excluding diaryl/α,β-unsaturated/α-hetero) is 1. The summed E-state index contributed by atoms with van der Waals surface area (Å²) in [5.74, 6) is -0.761. The first-order valence-corrected chi connectivity index (χ1v) is 8.44. The van der Waals surface area contributed by atoms with E-state index in [1.165, 1.54) is 7.11 Å². The van der Waals surface area contributed by atoms with Gasteiger partial charge in [0, 0.05) is 7.11 Å². The van der Waals surface area contributed by atoms with Gasteiger partial charge in [0.15, 0.2) is 27.1 Å². The van der Waals surface area contributed by atoms with Crippen LogP contribution in [0.1, 0.15) is 0 Å². The fraction of sp³-hybridized carbons (Fsp3) is 0.429. The molecule has 2 heterocycles. The number of carbonyl (C=O) groups is 2. The van der Waals surface area contributed by atoms with Crippen LogP contribution < -0.4 is 4.74 Å². The number of rotatable bonds is 5. The summed E-state index contributed by atoms with van der Waals surface area (Å²) in [7, 11) is -2.27. The van der Waals surface area contributed by atoms with E-state index in [9.17, 15) is 18.0 Å². The Morgan fingerprint density at radius 3 is 2.64 bits per heavy atom. The number of carbonyl (C=O) groups excluding carboxylic acids is 2. The molecule has 2 aliphatic rings. The summed E-state index contributed by atoms with van der Waals surface area (Å²) in [6.07, 6.45) is -1.00. The number of sulfone groups is 1. The van der Waals surface area contributed by atoms with Crippen LogP contribution in [0.3, 0.4) is 0 Å². The predicted molar refractivity (Wildman–Crippen MR) is 75.9 cm³/mol. The first-order valence-electron chi connectivity index (χ1n) is 6.73. The minimum atomic E-state index is -3.56. The molecule has 0 spiro atoms. The van der Waals surface area contributed by atoms with Crippen molar-refractivity contribution in [2.75, 3.05) is 19.5 Å². The maximum atomic E-state index is 12.2. The quantitative estimate of drug-likeness (QED) is 0.685. The molecule has 118 valence electrons. The summed E-state index contributed by atoms with van der Waals surface area (Å²) < 4.78 is 34.3. The van der Waals surface area contributed by atoms with E-state index in [4.69, 9.17) is 9.47 Å².